The van der Waals surface area contributed by atoms with Gasteiger partial charge in [-0.05, 0) is 13.0 Å². The van der Waals surface area contributed by atoms with Crippen molar-refractivity contribution in [2.75, 3.05) is 12.4 Å². The van der Waals surface area contributed by atoms with Crippen LogP contribution in [0.25, 0.3) is 0 Å². The second kappa shape index (κ2) is 5.33. The summed E-state index contributed by atoms with van der Waals surface area (Å²) in [5.74, 6) is 0.932. The molecule has 1 unspecified atom stereocenters. The van der Waals surface area contributed by atoms with E-state index in [0.29, 0.717) is 11.6 Å². The molecule has 2 heterocycles. The second-order valence-electron chi connectivity index (χ2n) is 3.84. The van der Waals surface area contributed by atoms with Crippen LogP contribution in [-0.4, -0.2) is 35.6 Å². The van der Waals surface area contributed by atoms with Gasteiger partial charge in [-0.1, -0.05) is 0 Å². The molecular weight excluding hydrogens is 268 g/mol. The standard InChI is InChI=1S/C10H14N6O2S/c1-7(10-13-6-14-15-10)16-19(17,18)8-3-4-12-9(5-8)11-2/h3-7,16H,1-2H3,(H,11,12)(H,13,14,15). The fourth-order valence-corrected chi connectivity index (χ4v) is 2.72. The average molecular weight is 282 g/mol. The van der Waals surface area contributed by atoms with E-state index in [4.69, 9.17) is 0 Å². The molecule has 0 fully saturated rings. The number of rotatable bonds is 5. The zero-order chi connectivity index (χ0) is 13.9. The van der Waals surface area contributed by atoms with Crippen molar-refractivity contribution >= 4 is 15.8 Å². The first kappa shape index (κ1) is 13.4. The topological polar surface area (TPSA) is 113 Å². The van der Waals surface area contributed by atoms with Gasteiger partial charge in [-0.2, -0.15) is 5.10 Å². The van der Waals surface area contributed by atoms with Gasteiger partial charge in [0.1, 0.15) is 18.0 Å². The highest BCUT2D eigenvalue weighted by atomic mass is 32.2. The van der Waals surface area contributed by atoms with Gasteiger partial charge in [0.15, 0.2) is 0 Å². The van der Waals surface area contributed by atoms with E-state index >= 15 is 0 Å². The maximum absolute atomic E-state index is 12.2. The molecule has 8 nitrogen and oxygen atoms in total. The Hall–Kier alpha value is -2.00. The molecule has 0 amide bonds. The summed E-state index contributed by atoms with van der Waals surface area (Å²) < 4.78 is 26.9. The van der Waals surface area contributed by atoms with Crippen LogP contribution in [0.15, 0.2) is 29.6 Å². The lowest BCUT2D eigenvalue weighted by atomic mass is 10.3. The van der Waals surface area contributed by atoms with Gasteiger partial charge in [-0.15, -0.1) is 0 Å². The third-order valence-electron chi connectivity index (χ3n) is 2.47. The second-order valence-corrected chi connectivity index (χ2v) is 5.55. The van der Waals surface area contributed by atoms with Crippen molar-refractivity contribution in [3.63, 3.8) is 0 Å². The molecule has 2 aromatic heterocycles. The van der Waals surface area contributed by atoms with E-state index < -0.39 is 16.1 Å². The molecule has 102 valence electrons. The summed E-state index contributed by atoms with van der Waals surface area (Å²) in [6.07, 6.45) is 2.76. The lowest BCUT2D eigenvalue weighted by Crippen LogP contribution is -2.27. The largest absolute Gasteiger partial charge is 0.373 e. The monoisotopic (exact) mass is 282 g/mol. The van der Waals surface area contributed by atoms with Gasteiger partial charge in [0.05, 0.1) is 10.9 Å². The molecule has 0 saturated heterocycles. The van der Waals surface area contributed by atoms with Gasteiger partial charge in [-0.25, -0.2) is 23.1 Å². The van der Waals surface area contributed by atoms with Gasteiger partial charge in [0, 0.05) is 19.3 Å². The number of nitrogens with zero attached hydrogens (tertiary/aromatic N) is 3. The Morgan fingerprint density at radius 1 is 1.37 bits per heavy atom. The van der Waals surface area contributed by atoms with Gasteiger partial charge in [0.2, 0.25) is 10.0 Å². The minimum Gasteiger partial charge on any atom is -0.373 e. The quantitative estimate of drug-likeness (QED) is 0.726. The number of sulfonamides is 1. The Bertz CT molecular complexity index is 640. The minimum absolute atomic E-state index is 0.137. The number of hydrogen-bond acceptors (Lipinski definition) is 6. The first-order chi connectivity index (χ1) is 9.03. The summed E-state index contributed by atoms with van der Waals surface area (Å²) in [7, 11) is -1.97. The van der Waals surface area contributed by atoms with Crippen molar-refractivity contribution in [2.24, 2.45) is 0 Å². The number of pyridine rings is 1. The van der Waals surface area contributed by atoms with Crippen LogP contribution in [0, 0.1) is 0 Å². The first-order valence-corrected chi connectivity index (χ1v) is 7.02. The van der Waals surface area contributed by atoms with E-state index in [2.05, 4.69) is 30.2 Å². The van der Waals surface area contributed by atoms with Gasteiger partial charge >= 0.3 is 0 Å². The summed E-state index contributed by atoms with van der Waals surface area (Å²) in [5, 5.41) is 9.09. The molecule has 19 heavy (non-hydrogen) atoms. The van der Waals surface area contributed by atoms with Crippen molar-refractivity contribution in [3.8, 4) is 0 Å². The van der Waals surface area contributed by atoms with Crippen LogP contribution in [-0.2, 0) is 10.0 Å². The molecule has 0 radical (unpaired) electrons. The van der Waals surface area contributed by atoms with Gasteiger partial charge in [0.25, 0.3) is 0 Å². The van der Waals surface area contributed by atoms with Gasteiger partial charge < -0.3 is 5.32 Å². The molecule has 3 N–H and O–H groups in total. The van der Waals surface area contributed by atoms with Crippen LogP contribution in [0.1, 0.15) is 18.8 Å². The number of aromatic nitrogens is 4. The fraction of sp³-hybridized carbons (Fsp3) is 0.300. The van der Waals surface area contributed by atoms with Crippen molar-refractivity contribution in [3.05, 3.63) is 30.5 Å². The molecular formula is C10H14N6O2S. The number of H-pyrrole nitrogens is 1. The molecule has 0 aliphatic carbocycles. The summed E-state index contributed by atoms with van der Waals surface area (Å²) in [5.41, 5.74) is 0. The average Bonchev–Trinajstić information content (AvgIpc) is 2.92. The highest BCUT2D eigenvalue weighted by molar-refractivity contribution is 7.89. The Labute approximate surface area is 110 Å². The number of nitrogens with one attached hydrogen (secondary N) is 3. The van der Waals surface area contributed by atoms with E-state index in [1.165, 1.54) is 24.7 Å². The molecule has 0 saturated carbocycles. The molecule has 2 aromatic rings. The summed E-state index contributed by atoms with van der Waals surface area (Å²) in [4.78, 5) is 8.02. The summed E-state index contributed by atoms with van der Waals surface area (Å²) in [6, 6.07) is 2.38. The van der Waals surface area contributed by atoms with E-state index in [0.717, 1.165) is 0 Å². The number of anilines is 1. The molecule has 0 bridgehead atoms. The predicted octanol–water partition coefficient (Wildman–Crippen LogP) is 0.281. The third-order valence-corrected chi connectivity index (χ3v) is 4.01. The molecule has 0 aliphatic rings. The zero-order valence-electron chi connectivity index (χ0n) is 10.5. The van der Waals surface area contributed by atoms with Gasteiger partial charge in [-0.3, -0.25) is 5.10 Å². The molecule has 1 atom stereocenters. The maximum Gasteiger partial charge on any atom is 0.241 e. The van der Waals surface area contributed by atoms with E-state index in [-0.39, 0.29) is 4.90 Å². The van der Waals surface area contributed by atoms with Crippen LogP contribution >= 0.6 is 0 Å². The van der Waals surface area contributed by atoms with Crippen molar-refractivity contribution in [1.29, 1.82) is 0 Å². The lowest BCUT2D eigenvalue weighted by Gasteiger charge is -2.12. The Balaban J connectivity index is 2.22. The van der Waals surface area contributed by atoms with Crippen LogP contribution < -0.4 is 10.0 Å². The summed E-state index contributed by atoms with van der Waals surface area (Å²) >= 11 is 0. The van der Waals surface area contributed by atoms with Crippen LogP contribution in [0.5, 0.6) is 0 Å². The Kier molecular flexibility index (Phi) is 3.76. The van der Waals surface area contributed by atoms with Crippen molar-refractivity contribution in [2.45, 2.75) is 17.9 Å². The predicted molar refractivity (Wildman–Crippen MR) is 68.9 cm³/mol. The molecule has 9 heteroatoms. The van der Waals surface area contributed by atoms with Crippen molar-refractivity contribution < 1.29 is 8.42 Å². The lowest BCUT2D eigenvalue weighted by molar-refractivity contribution is 0.560. The molecule has 0 aromatic carbocycles. The van der Waals surface area contributed by atoms with E-state index in [1.807, 2.05) is 0 Å². The first-order valence-electron chi connectivity index (χ1n) is 5.54. The fourth-order valence-electron chi connectivity index (χ4n) is 1.50. The molecule has 0 spiro atoms. The molecule has 2 rings (SSSR count). The highest BCUT2D eigenvalue weighted by Gasteiger charge is 2.20. The highest BCUT2D eigenvalue weighted by Crippen LogP contribution is 2.15. The summed E-state index contributed by atoms with van der Waals surface area (Å²) in [6.45, 7) is 1.68. The maximum atomic E-state index is 12.2. The minimum atomic E-state index is -3.64. The number of aromatic amines is 1. The third kappa shape index (κ3) is 3.06. The molecule has 0 aliphatic heterocycles. The van der Waals surface area contributed by atoms with Crippen LogP contribution in [0.3, 0.4) is 0 Å². The van der Waals surface area contributed by atoms with Crippen LogP contribution in [0.4, 0.5) is 5.82 Å². The van der Waals surface area contributed by atoms with Crippen molar-refractivity contribution in [1.82, 2.24) is 24.9 Å². The smallest absolute Gasteiger partial charge is 0.241 e. The Morgan fingerprint density at radius 3 is 2.79 bits per heavy atom. The zero-order valence-corrected chi connectivity index (χ0v) is 11.3. The number of hydrogen-bond donors (Lipinski definition) is 3. The van der Waals surface area contributed by atoms with E-state index in [1.54, 1.807) is 14.0 Å². The van der Waals surface area contributed by atoms with Crippen LogP contribution in [0.2, 0.25) is 0 Å². The van der Waals surface area contributed by atoms with E-state index in [9.17, 15) is 8.42 Å². The SMILES string of the molecule is CNc1cc(S(=O)(=O)NC(C)c2ncn[nH]2)ccn1. The normalized spacial score (nSPS) is 13.2. The Morgan fingerprint density at radius 2 is 2.16 bits per heavy atom.